The van der Waals surface area contributed by atoms with Gasteiger partial charge in [0.2, 0.25) is 0 Å². The topological polar surface area (TPSA) is 80.2 Å². The Morgan fingerprint density at radius 1 is 1.28 bits per heavy atom. The highest BCUT2D eigenvalue weighted by Gasteiger charge is 2.12. The van der Waals surface area contributed by atoms with Gasteiger partial charge in [0.15, 0.2) is 11.5 Å². The van der Waals surface area contributed by atoms with Crippen LogP contribution in [0, 0.1) is 3.57 Å². The van der Waals surface area contributed by atoms with Gasteiger partial charge in [0.25, 0.3) is 0 Å². The van der Waals surface area contributed by atoms with Gasteiger partial charge in [0, 0.05) is 0 Å². The first-order valence-electron chi connectivity index (χ1n) is 7.57. The average molecular weight is 454 g/mol. The van der Waals surface area contributed by atoms with Gasteiger partial charge in [0.05, 0.1) is 34.2 Å². The van der Waals surface area contributed by atoms with E-state index in [9.17, 15) is 4.79 Å². The third-order valence-corrected chi connectivity index (χ3v) is 3.95. The molecule has 0 unspecified atom stereocenters. The molecule has 2 rings (SSSR count). The van der Waals surface area contributed by atoms with Crippen LogP contribution < -0.4 is 14.9 Å². The summed E-state index contributed by atoms with van der Waals surface area (Å²) in [6, 6.07) is 10.1. The number of rotatable bonds is 7. The molecule has 0 amide bonds. The molecule has 0 aliphatic heterocycles. The summed E-state index contributed by atoms with van der Waals surface area (Å²) >= 11 is 2.20. The van der Waals surface area contributed by atoms with Crippen LogP contribution in [0.1, 0.15) is 29.8 Å². The van der Waals surface area contributed by atoms with E-state index in [1.54, 1.807) is 25.5 Å². The highest BCUT2D eigenvalue weighted by atomic mass is 127. The van der Waals surface area contributed by atoms with Crippen LogP contribution in [-0.4, -0.2) is 30.5 Å². The van der Waals surface area contributed by atoms with Gasteiger partial charge in [0.1, 0.15) is 0 Å². The Morgan fingerprint density at radius 3 is 2.52 bits per heavy atom. The maximum Gasteiger partial charge on any atom is 0.335 e. The van der Waals surface area contributed by atoms with E-state index >= 15 is 0 Å². The van der Waals surface area contributed by atoms with E-state index < -0.39 is 5.97 Å². The first-order valence-corrected chi connectivity index (χ1v) is 8.65. The second-order valence-corrected chi connectivity index (χ2v) is 6.62. The van der Waals surface area contributed by atoms with Gasteiger partial charge in [-0.05, 0) is 78.4 Å². The van der Waals surface area contributed by atoms with E-state index in [-0.39, 0.29) is 11.7 Å². The van der Waals surface area contributed by atoms with Gasteiger partial charge in [-0.3, -0.25) is 5.43 Å². The molecule has 0 spiro atoms. The molecule has 0 bridgehead atoms. The zero-order chi connectivity index (χ0) is 18.4. The van der Waals surface area contributed by atoms with Crippen molar-refractivity contribution in [3.05, 3.63) is 51.1 Å². The van der Waals surface area contributed by atoms with Crippen LogP contribution in [0.4, 0.5) is 5.69 Å². The molecule has 0 heterocycles. The Balaban J connectivity index is 2.12. The van der Waals surface area contributed by atoms with Crippen LogP contribution in [0.2, 0.25) is 0 Å². The van der Waals surface area contributed by atoms with Crippen LogP contribution >= 0.6 is 22.6 Å². The molecule has 2 aromatic rings. The van der Waals surface area contributed by atoms with E-state index in [1.807, 2.05) is 26.0 Å². The molecule has 0 aliphatic rings. The van der Waals surface area contributed by atoms with Crippen molar-refractivity contribution in [3.8, 4) is 11.5 Å². The quantitative estimate of drug-likeness (QED) is 0.372. The van der Waals surface area contributed by atoms with Crippen molar-refractivity contribution in [2.45, 2.75) is 20.0 Å². The molecule has 0 saturated heterocycles. The maximum atomic E-state index is 10.8. The number of hydrogen-bond donors (Lipinski definition) is 2. The molecule has 0 aliphatic carbocycles. The van der Waals surface area contributed by atoms with Crippen molar-refractivity contribution in [1.29, 1.82) is 0 Å². The second-order valence-electron chi connectivity index (χ2n) is 5.45. The molecule has 6 nitrogen and oxygen atoms in total. The Morgan fingerprint density at radius 2 is 1.96 bits per heavy atom. The summed E-state index contributed by atoms with van der Waals surface area (Å²) in [5, 5.41) is 13.1. The number of ether oxygens (including phenoxy) is 2. The van der Waals surface area contributed by atoms with E-state index in [0.717, 1.165) is 9.13 Å². The highest BCUT2D eigenvalue weighted by Crippen LogP contribution is 2.34. The molecule has 25 heavy (non-hydrogen) atoms. The third kappa shape index (κ3) is 5.35. The van der Waals surface area contributed by atoms with Gasteiger partial charge in [-0.25, -0.2) is 4.79 Å². The number of aromatic carboxylic acids is 1. The zero-order valence-electron chi connectivity index (χ0n) is 14.1. The average Bonchev–Trinajstić information content (AvgIpc) is 2.57. The summed E-state index contributed by atoms with van der Waals surface area (Å²) in [4.78, 5) is 10.8. The lowest BCUT2D eigenvalue weighted by molar-refractivity contribution is 0.0697. The molecule has 0 saturated carbocycles. The third-order valence-electron chi connectivity index (χ3n) is 3.14. The lowest BCUT2D eigenvalue weighted by Crippen LogP contribution is -2.08. The number of methoxy groups -OCH3 is 1. The van der Waals surface area contributed by atoms with Crippen molar-refractivity contribution in [1.82, 2.24) is 0 Å². The summed E-state index contributed by atoms with van der Waals surface area (Å²) in [6.07, 6.45) is 1.71. The van der Waals surface area contributed by atoms with Crippen LogP contribution in [0.3, 0.4) is 0 Å². The summed E-state index contributed by atoms with van der Waals surface area (Å²) in [5.74, 6) is 0.403. The molecular weight excluding hydrogens is 435 g/mol. The van der Waals surface area contributed by atoms with E-state index in [4.69, 9.17) is 14.6 Å². The van der Waals surface area contributed by atoms with Crippen molar-refractivity contribution in [2.75, 3.05) is 12.5 Å². The number of anilines is 1. The van der Waals surface area contributed by atoms with Crippen molar-refractivity contribution < 1.29 is 19.4 Å². The predicted molar refractivity (Wildman–Crippen MR) is 106 cm³/mol. The summed E-state index contributed by atoms with van der Waals surface area (Å²) in [6.45, 7) is 3.93. The van der Waals surface area contributed by atoms with E-state index in [1.165, 1.54) is 12.1 Å². The standard InChI is InChI=1S/C18H19IN2O4/c1-11(2)25-17-15(19)8-12(9-16(17)24-3)10-20-21-14-6-4-13(5-7-14)18(22)23/h4-11,21H,1-3H3,(H,22,23)/b20-10+. The lowest BCUT2D eigenvalue weighted by Gasteiger charge is -2.15. The number of carbonyl (C=O) groups is 1. The van der Waals surface area contributed by atoms with Crippen LogP contribution in [0.25, 0.3) is 0 Å². The fourth-order valence-corrected chi connectivity index (χ4v) is 2.79. The number of hydrogen-bond acceptors (Lipinski definition) is 5. The zero-order valence-corrected chi connectivity index (χ0v) is 16.3. The first-order chi connectivity index (χ1) is 11.9. The summed E-state index contributed by atoms with van der Waals surface area (Å²) in [7, 11) is 1.60. The fourth-order valence-electron chi connectivity index (χ4n) is 2.03. The number of carboxylic acids is 1. The van der Waals surface area contributed by atoms with Crippen LogP contribution in [0.15, 0.2) is 41.5 Å². The van der Waals surface area contributed by atoms with Gasteiger partial charge in [-0.15, -0.1) is 0 Å². The lowest BCUT2D eigenvalue weighted by atomic mass is 10.2. The molecule has 0 aromatic heterocycles. The Bertz CT molecular complexity index is 773. The molecular formula is C18H19IN2O4. The van der Waals surface area contributed by atoms with Crippen molar-refractivity contribution in [3.63, 3.8) is 0 Å². The Hall–Kier alpha value is -2.29. The van der Waals surface area contributed by atoms with Crippen LogP contribution in [0.5, 0.6) is 11.5 Å². The second kappa shape index (κ2) is 8.70. The fraction of sp³-hybridized carbons (Fsp3) is 0.222. The van der Waals surface area contributed by atoms with E-state index in [2.05, 4.69) is 33.1 Å². The number of benzene rings is 2. The van der Waals surface area contributed by atoms with Gasteiger partial charge in [-0.1, -0.05) is 0 Å². The SMILES string of the molecule is COc1cc(/C=N/Nc2ccc(C(=O)O)cc2)cc(I)c1OC(C)C. The molecule has 2 N–H and O–H groups in total. The van der Waals surface area contributed by atoms with Crippen molar-refractivity contribution >= 4 is 40.5 Å². The van der Waals surface area contributed by atoms with Gasteiger partial charge >= 0.3 is 5.97 Å². The molecule has 0 atom stereocenters. The minimum atomic E-state index is -0.958. The van der Waals surface area contributed by atoms with E-state index in [0.29, 0.717) is 17.2 Å². The molecule has 0 fully saturated rings. The number of nitrogens with zero attached hydrogens (tertiary/aromatic N) is 1. The Labute approximate surface area is 160 Å². The highest BCUT2D eigenvalue weighted by molar-refractivity contribution is 14.1. The summed E-state index contributed by atoms with van der Waals surface area (Å²) < 4.78 is 12.1. The minimum absolute atomic E-state index is 0.0531. The monoisotopic (exact) mass is 454 g/mol. The smallest absolute Gasteiger partial charge is 0.335 e. The Kier molecular flexibility index (Phi) is 6.63. The summed E-state index contributed by atoms with van der Waals surface area (Å²) in [5.41, 5.74) is 4.65. The number of carboxylic acid groups (broad SMARTS) is 1. The number of halogens is 1. The van der Waals surface area contributed by atoms with Crippen molar-refractivity contribution in [2.24, 2.45) is 5.10 Å². The van der Waals surface area contributed by atoms with Gasteiger partial charge < -0.3 is 14.6 Å². The minimum Gasteiger partial charge on any atom is -0.493 e. The predicted octanol–water partition coefficient (Wildman–Crippen LogP) is 4.23. The largest absolute Gasteiger partial charge is 0.493 e. The van der Waals surface area contributed by atoms with Crippen LogP contribution in [-0.2, 0) is 0 Å². The number of hydrazone groups is 1. The molecule has 132 valence electrons. The normalized spacial score (nSPS) is 10.9. The first kappa shape index (κ1) is 19.0. The molecule has 7 heteroatoms. The molecule has 0 radical (unpaired) electrons. The maximum absolute atomic E-state index is 10.8. The van der Waals surface area contributed by atoms with Gasteiger partial charge in [-0.2, -0.15) is 5.10 Å². The number of nitrogens with one attached hydrogen (secondary N) is 1. The molecule has 2 aromatic carbocycles.